The van der Waals surface area contributed by atoms with Crippen LogP contribution in [0.2, 0.25) is 0 Å². The zero-order valence-electron chi connectivity index (χ0n) is 11.9. The van der Waals surface area contributed by atoms with Gasteiger partial charge in [-0.3, -0.25) is 4.90 Å². The maximum Gasteiger partial charge on any atom is 0.123 e. The van der Waals surface area contributed by atoms with Crippen LogP contribution < -0.4 is 10.5 Å². The zero-order valence-corrected chi connectivity index (χ0v) is 11.9. The van der Waals surface area contributed by atoms with Crippen molar-refractivity contribution in [3.63, 3.8) is 0 Å². The number of hydrogen-bond acceptors (Lipinski definition) is 4. The molecule has 106 valence electrons. The molecule has 19 heavy (non-hydrogen) atoms. The molecule has 1 saturated heterocycles. The number of likely N-dealkylation sites (tertiary alicyclic amines) is 1. The summed E-state index contributed by atoms with van der Waals surface area (Å²) in [4.78, 5) is 2.28. The Kier molecular flexibility index (Phi) is 4.45. The van der Waals surface area contributed by atoms with Gasteiger partial charge in [-0.2, -0.15) is 0 Å². The summed E-state index contributed by atoms with van der Waals surface area (Å²) in [7, 11) is 1.69. The van der Waals surface area contributed by atoms with Gasteiger partial charge in [0.05, 0.1) is 12.7 Å². The number of piperidine rings is 1. The topological polar surface area (TPSA) is 58.7 Å². The molecule has 0 saturated carbocycles. The third-order valence-corrected chi connectivity index (χ3v) is 3.73. The Morgan fingerprint density at radius 1 is 1.47 bits per heavy atom. The van der Waals surface area contributed by atoms with E-state index in [2.05, 4.69) is 11.0 Å². The summed E-state index contributed by atoms with van der Waals surface area (Å²) in [5.41, 5.74) is 7.37. The van der Waals surface area contributed by atoms with Gasteiger partial charge in [0.1, 0.15) is 5.75 Å². The van der Waals surface area contributed by atoms with E-state index in [0.29, 0.717) is 13.1 Å². The van der Waals surface area contributed by atoms with E-state index in [0.717, 1.165) is 42.8 Å². The van der Waals surface area contributed by atoms with Crippen LogP contribution in [-0.2, 0) is 13.1 Å². The summed E-state index contributed by atoms with van der Waals surface area (Å²) in [5.74, 6) is 0.891. The van der Waals surface area contributed by atoms with Gasteiger partial charge in [-0.25, -0.2) is 0 Å². The maximum atomic E-state index is 10.2. The lowest BCUT2D eigenvalue weighted by molar-refractivity contribution is -0.0183. The first-order valence-corrected chi connectivity index (χ1v) is 6.85. The number of ether oxygens (including phenoxy) is 1. The Morgan fingerprint density at radius 3 is 2.89 bits per heavy atom. The quantitative estimate of drug-likeness (QED) is 0.865. The Hall–Kier alpha value is -1.10. The van der Waals surface area contributed by atoms with Crippen LogP contribution in [0.1, 0.15) is 30.9 Å². The number of aliphatic hydroxyl groups is 1. The molecule has 3 N–H and O–H groups in total. The average Bonchev–Trinajstić information content (AvgIpc) is 2.37. The molecule has 1 aliphatic rings. The highest BCUT2D eigenvalue weighted by Crippen LogP contribution is 2.26. The minimum Gasteiger partial charge on any atom is -0.496 e. The molecule has 0 radical (unpaired) electrons. The SMILES string of the molecule is COc1ccc(CN)cc1CN1CCCC(C)(O)C1. The van der Waals surface area contributed by atoms with E-state index < -0.39 is 5.60 Å². The number of hydrogen-bond donors (Lipinski definition) is 2. The van der Waals surface area contributed by atoms with Crippen molar-refractivity contribution in [2.75, 3.05) is 20.2 Å². The molecular weight excluding hydrogens is 240 g/mol. The highest BCUT2D eigenvalue weighted by atomic mass is 16.5. The lowest BCUT2D eigenvalue weighted by Gasteiger charge is -2.37. The molecule has 0 amide bonds. The molecule has 1 heterocycles. The standard InChI is InChI=1S/C15H24N2O2/c1-15(18)6-3-7-17(11-15)10-13-8-12(9-16)4-5-14(13)19-2/h4-5,8,18H,3,6-7,9-11,16H2,1-2H3. The maximum absolute atomic E-state index is 10.2. The molecular formula is C15H24N2O2. The van der Waals surface area contributed by atoms with Gasteiger partial charge in [0.2, 0.25) is 0 Å². The van der Waals surface area contributed by atoms with Crippen LogP contribution in [0.4, 0.5) is 0 Å². The van der Waals surface area contributed by atoms with Gasteiger partial charge in [0.25, 0.3) is 0 Å². The van der Waals surface area contributed by atoms with Crippen molar-refractivity contribution in [1.82, 2.24) is 4.90 Å². The number of nitrogens with two attached hydrogens (primary N) is 1. The van der Waals surface area contributed by atoms with Crippen molar-refractivity contribution in [1.29, 1.82) is 0 Å². The largest absolute Gasteiger partial charge is 0.496 e. The summed E-state index contributed by atoms with van der Waals surface area (Å²) >= 11 is 0. The van der Waals surface area contributed by atoms with Crippen LogP contribution >= 0.6 is 0 Å². The highest BCUT2D eigenvalue weighted by Gasteiger charge is 2.28. The van der Waals surface area contributed by atoms with E-state index in [4.69, 9.17) is 10.5 Å². The molecule has 1 unspecified atom stereocenters. The fourth-order valence-electron chi connectivity index (χ4n) is 2.78. The molecule has 0 bridgehead atoms. The number of β-amino-alcohol motifs (C(OH)–C–C–N with tert-alkyl or cyclic N) is 1. The highest BCUT2D eigenvalue weighted by molar-refractivity contribution is 5.37. The van der Waals surface area contributed by atoms with E-state index >= 15 is 0 Å². The van der Waals surface area contributed by atoms with Crippen LogP contribution in [0.5, 0.6) is 5.75 Å². The van der Waals surface area contributed by atoms with E-state index in [1.807, 2.05) is 19.1 Å². The smallest absolute Gasteiger partial charge is 0.123 e. The molecule has 1 aliphatic heterocycles. The second-order valence-corrected chi connectivity index (χ2v) is 5.66. The predicted octanol–water partition coefficient (Wildman–Crippen LogP) is 1.50. The predicted molar refractivity (Wildman–Crippen MR) is 76.0 cm³/mol. The lowest BCUT2D eigenvalue weighted by Crippen LogP contribution is -2.45. The molecule has 4 nitrogen and oxygen atoms in total. The van der Waals surface area contributed by atoms with Gasteiger partial charge in [-0.05, 0) is 44.0 Å². The Balaban J connectivity index is 2.13. The van der Waals surface area contributed by atoms with E-state index in [1.165, 1.54) is 0 Å². The molecule has 0 spiro atoms. The van der Waals surface area contributed by atoms with Crippen molar-refractivity contribution in [2.24, 2.45) is 5.73 Å². The first-order valence-electron chi connectivity index (χ1n) is 6.85. The van der Waals surface area contributed by atoms with E-state index in [1.54, 1.807) is 7.11 Å². The molecule has 1 aromatic carbocycles. The summed E-state index contributed by atoms with van der Waals surface area (Å²) in [6, 6.07) is 6.07. The first kappa shape index (κ1) is 14.3. The van der Waals surface area contributed by atoms with Crippen LogP contribution in [-0.4, -0.2) is 35.8 Å². The second kappa shape index (κ2) is 5.90. The van der Waals surface area contributed by atoms with Crippen LogP contribution in [0.3, 0.4) is 0 Å². The van der Waals surface area contributed by atoms with Gasteiger partial charge < -0.3 is 15.6 Å². The molecule has 2 rings (SSSR count). The van der Waals surface area contributed by atoms with Crippen LogP contribution in [0.25, 0.3) is 0 Å². The van der Waals surface area contributed by atoms with Crippen LogP contribution in [0, 0.1) is 0 Å². The summed E-state index contributed by atoms with van der Waals surface area (Å²) in [6.45, 7) is 4.98. The average molecular weight is 264 g/mol. The molecule has 0 aromatic heterocycles. The fraction of sp³-hybridized carbons (Fsp3) is 0.600. The van der Waals surface area contributed by atoms with Crippen molar-refractivity contribution in [3.05, 3.63) is 29.3 Å². The van der Waals surface area contributed by atoms with Gasteiger partial charge in [-0.15, -0.1) is 0 Å². The van der Waals surface area contributed by atoms with Crippen LogP contribution in [0.15, 0.2) is 18.2 Å². The van der Waals surface area contributed by atoms with Crippen molar-refractivity contribution < 1.29 is 9.84 Å². The Bertz CT molecular complexity index is 432. The fourth-order valence-corrected chi connectivity index (χ4v) is 2.78. The first-order chi connectivity index (χ1) is 9.04. The normalized spacial score (nSPS) is 24.4. The monoisotopic (exact) mass is 264 g/mol. The molecule has 1 fully saturated rings. The van der Waals surface area contributed by atoms with Crippen molar-refractivity contribution in [3.8, 4) is 5.75 Å². The summed E-state index contributed by atoms with van der Waals surface area (Å²) in [5, 5.41) is 10.2. The van der Waals surface area contributed by atoms with Gasteiger partial charge in [0, 0.05) is 25.2 Å². The zero-order chi connectivity index (χ0) is 13.9. The van der Waals surface area contributed by atoms with Gasteiger partial charge >= 0.3 is 0 Å². The third-order valence-electron chi connectivity index (χ3n) is 3.73. The molecule has 4 heteroatoms. The number of nitrogens with zero attached hydrogens (tertiary/aromatic N) is 1. The van der Waals surface area contributed by atoms with Crippen molar-refractivity contribution in [2.45, 2.75) is 38.5 Å². The number of methoxy groups -OCH3 is 1. The third kappa shape index (κ3) is 3.69. The minimum atomic E-state index is -0.572. The molecule has 0 aliphatic carbocycles. The van der Waals surface area contributed by atoms with Crippen molar-refractivity contribution >= 4 is 0 Å². The molecule has 1 atom stereocenters. The minimum absolute atomic E-state index is 0.536. The summed E-state index contributed by atoms with van der Waals surface area (Å²) < 4.78 is 5.41. The van der Waals surface area contributed by atoms with E-state index in [9.17, 15) is 5.11 Å². The summed E-state index contributed by atoms with van der Waals surface area (Å²) in [6.07, 6.45) is 1.91. The second-order valence-electron chi connectivity index (χ2n) is 5.66. The molecule has 1 aromatic rings. The number of benzene rings is 1. The lowest BCUT2D eigenvalue weighted by atomic mass is 9.94. The van der Waals surface area contributed by atoms with E-state index in [-0.39, 0.29) is 0 Å². The number of rotatable bonds is 4. The van der Waals surface area contributed by atoms with Gasteiger partial charge in [0.15, 0.2) is 0 Å². The Labute approximate surface area is 115 Å². The van der Waals surface area contributed by atoms with Gasteiger partial charge in [-0.1, -0.05) is 6.07 Å². The Morgan fingerprint density at radius 2 is 2.26 bits per heavy atom.